The third-order valence-electron chi connectivity index (χ3n) is 3.07. The van der Waals surface area contributed by atoms with E-state index in [-0.39, 0.29) is 0 Å². The van der Waals surface area contributed by atoms with Gasteiger partial charge in [-0.15, -0.1) is 0 Å². The summed E-state index contributed by atoms with van der Waals surface area (Å²) in [5.74, 6) is 0.886. The first-order chi connectivity index (χ1) is 7.15. The molecule has 0 saturated heterocycles. The van der Waals surface area contributed by atoms with Gasteiger partial charge in [0.1, 0.15) is 5.78 Å². The second-order valence-electron chi connectivity index (χ2n) is 4.43. The van der Waals surface area contributed by atoms with Gasteiger partial charge in [0.05, 0.1) is 0 Å². The molecule has 2 heteroatoms. The lowest BCUT2D eigenvalue weighted by molar-refractivity contribution is -0.117. The zero-order chi connectivity index (χ0) is 10.8. The SMILES string of the molecule is CC(=O)CC1CCc2cc(Br)ccc2C1. The molecule has 1 aliphatic carbocycles. The highest BCUT2D eigenvalue weighted by molar-refractivity contribution is 9.10. The van der Waals surface area contributed by atoms with E-state index in [9.17, 15) is 4.79 Å². The van der Waals surface area contributed by atoms with Crippen LogP contribution in [0.25, 0.3) is 0 Å². The molecule has 80 valence electrons. The van der Waals surface area contributed by atoms with Crippen molar-refractivity contribution in [2.45, 2.75) is 32.6 Å². The number of aryl methyl sites for hydroxylation is 1. The predicted molar refractivity (Wildman–Crippen MR) is 65.0 cm³/mol. The lowest BCUT2D eigenvalue weighted by Gasteiger charge is -2.23. The number of Topliss-reactive ketones (excluding diaryl/α,β-unsaturated/α-hetero) is 1. The Hall–Kier alpha value is -0.630. The van der Waals surface area contributed by atoms with Crippen molar-refractivity contribution < 1.29 is 4.79 Å². The number of ketones is 1. The molecule has 0 heterocycles. The van der Waals surface area contributed by atoms with Gasteiger partial charge in [-0.1, -0.05) is 22.0 Å². The van der Waals surface area contributed by atoms with Gasteiger partial charge in [-0.05, 0) is 55.4 Å². The average Bonchev–Trinajstić information content (AvgIpc) is 2.17. The number of carbonyl (C=O) groups excluding carboxylic acids is 1. The number of hydrogen-bond acceptors (Lipinski definition) is 1. The molecule has 0 N–H and O–H groups in total. The van der Waals surface area contributed by atoms with Crippen LogP contribution in [0, 0.1) is 5.92 Å². The predicted octanol–water partition coefficient (Wildman–Crippen LogP) is 3.53. The summed E-state index contributed by atoms with van der Waals surface area (Å²) in [6.07, 6.45) is 4.09. The first-order valence-electron chi connectivity index (χ1n) is 5.42. The monoisotopic (exact) mass is 266 g/mol. The Kier molecular flexibility index (Phi) is 3.25. The molecule has 1 aromatic carbocycles. The summed E-state index contributed by atoms with van der Waals surface area (Å²) in [6, 6.07) is 6.49. The molecule has 1 unspecified atom stereocenters. The molecular formula is C13H15BrO. The minimum Gasteiger partial charge on any atom is -0.300 e. The van der Waals surface area contributed by atoms with E-state index < -0.39 is 0 Å². The smallest absolute Gasteiger partial charge is 0.130 e. The number of benzene rings is 1. The van der Waals surface area contributed by atoms with E-state index >= 15 is 0 Å². The van der Waals surface area contributed by atoms with Crippen LogP contribution in [0.5, 0.6) is 0 Å². The van der Waals surface area contributed by atoms with Crippen molar-refractivity contribution in [1.82, 2.24) is 0 Å². The highest BCUT2D eigenvalue weighted by atomic mass is 79.9. The maximum Gasteiger partial charge on any atom is 0.130 e. The molecule has 15 heavy (non-hydrogen) atoms. The van der Waals surface area contributed by atoms with Crippen LogP contribution < -0.4 is 0 Å². The van der Waals surface area contributed by atoms with Crippen molar-refractivity contribution >= 4 is 21.7 Å². The van der Waals surface area contributed by atoms with Crippen molar-refractivity contribution in [2.24, 2.45) is 5.92 Å². The van der Waals surface area contributed by atoms with E-state index in [0.29, 0.717) is 11.7 Å². The van der Waals surface area contributed by atoms with Crippen molar-refractivity contribution in [2.75, 3.05) is 0 Å². The number of carbonyl (C=O) groups is 1. The number of halogens is 1. The van der Waals surface area contributed by atoms with E-state index in [4.69, 9.17) is 0 Å². The largest absolute Gasteiger partial charge is 0.300 e. The summed E-state index contributed by atoms with van der Waals surface area (Å²) in [7, 11) is 0. The quantitative estimate of drug-likeness (QED) is 0.801. The van der Waals surface area contributed by atoms with Crippen LogP contribution in [-0.2, 0) is 17.6 Å². The summed E-state index contributed by atoms with van der Waals surface area (Å²) >= 11 is 3.49. The fourth-order valence-corrected chi connectivity index (χ4v) is 2.79. The summed E-state index contributed by atoms with van der Waals surface area (Å²) in [5, 5.41) is 0. The molecule has 0 radical (unpaired) electrons. The number of hydrogen-bond donors (Lipinski definition) is 0. The van der Waals surface area contributed by atoms with Gasteiger partial charge in [-0.3, -0.25) is 0 Å². The molecule has 1 atom stereocenters. The minimum absolute atomic E-state index is 0.320. The highest BCUT2D eigenvalue weighted by Crippen LogP contribution is 2.29. The third-order valence-corrected chi connectivity index (χ3v) is 3.57. The van der Waals surface area contributed by atoms with Crippen molar-refractivity contribution in [3.8, 4) is 0 Å². The first kappa shape index (κ1) is 10.9. The molecule has 0 spiro atoms. The van der Waals surface area contributed by atoms with Gasteiger partial charge < -0.3 is 4.79 Å². The summed E-state index contributed by atoms with van der Waals surface area (Å²) in [4.78, 5) is 11.1. The van der Waals surface area contributed by atoms with Crippen LogP contribution in [0.3, 0.4) is 0 Å². The minimum atomic E-state index is 0.320. The molecule has 2 rings (SSSR count). The van der Waals surface area contributed by atoms with Crippen LogP contribution in [0.1, 0.15) is 30.9 Å². The highest BCUT2D eigenvalue weighted by Gasteiger charge is 2.19. The number of fused-ring (bicyclic) bond motifs is 1. The van der Waals surface area contributed by atoms with Crippen LogP contribution in [-0.4, -0.2) is 5.78 Å². The van der Waals surface area contributed by atoms with Gasteiger partial charge in [0.25, 0.3) is 0 Å². The van der Waals surface area contributed by atoms with E-state index in [2.05, 4.69) is 34.1 Å². The fraction of sp³-hybridized carbons (Fsp3) is 0.462. The summed E-state index contributed by atoms with van der Waals surface area (Å²) in [6.45, 7) is 1.69. The van der Waals surface area contributed by atoms with Crippen LogP contribution in [0.2, 0.25) is 0 Å². The molecule has 1 aliphatic rings. The van der Waals surface area contributed by atoms with Crippen LogP contribution >= 0.6 is 15.9 Å². The molecule has 1 aromatic rings. The fourth-order valence-electron chi connectivity index (χ4n) is 2.38. The van der Waals surface area contributed by atoms with Gasteiger partial charge in [0.15, 0.2) is 0 Å². The van der Waals surface area contributed by atoms with E-state index in [1.807, 2.05) is 0 Å². The van der Waals surface area contributed by atoms with Crippen molar-refractivity contribution in [3.05, 3.63) is 33.8 Å². The van der Waals surface area contributed by atoms with Gasteiger partial charge in [-0.25, -0.2) is 0 Å². The lowest BCUT2D eigenvalue weighted by atomic mass is 9.82. The third kappa shape index (κ3) is 2.69. The zero-order valence-electron chi connectivity index (χ0n) is 8.92. The maximum atomic E-state index is 11.1. The Morgan fingerprint density at radius 2 is 2.27 bits per heavy atom. The van der Waals surface area contributed by atoms with Gasteiger partial charge >= 0.3 is 0 Å². The molecule has 0 amide bonds. The van der Waals surface area contributed by atoms with E-state index in [1.54, 1.807) is 6.92 Å². The Labute approximate surface area is 99.0 Å². The lowest BCUT2D eigenvalue weighted by Crippen LogP contribution is -2.16. The topological polar surface area (TPSA) is 17.1 Å². The standard InChI is InChI=1S/C13H15BrO/c1-9(15)6-10-2-3-12-8-13(14)5-4-11(12)7-10/h4-5,8,10H,2-3,6-7H2,1H3. The van der Waals surface area contributed by atoms with Crippen LogP contribution in [0.4, 0.5) is 0 Å². The second kappa shape index (κ2) is 4.48. The van der Waals surface area contributed by atoms with Crippen molar-refractivity contribution in [1.29, 1.82) is 0 Å². The normalized spacial score (nSPS) is 19.7. The second-order valence-corrected chi connectivity index (χ2v) is 5.34. The number of rotatable bonds is 2. The van der Waals surface area contributed by atoms with Gasteiger partial charge in [-0.2, -0.15) is 0 Å². The van der Waals surface area contributed by atoms with E-state index in [0.717, 1.165) is 30.2 Å². The molecule has 0 aromatic heterocycles. The molecule has 0 saturated carbocycles. The summed E-state index contributed by atoms with van der Waals surface area (Å²) < 4.78 is 1.16. The van der Waals surface area contributed by atoms with E-state index in [1.165, 1.54) is 11.1 Å². The molecule has 0 fully saturated rings. The van der Waals surface area contributed by atoms with Gasteiger partial charge in [0, 0.05) is 10.9 Å². The van der Waals surface area contributed by atoms with Crippen LogP contribution in [0.15, 0.2) is 22.7 Å². The Morgan fingerprint density at radius 3 is 3.00 bits per heavy atom. The molecule has 0 aliphatic heterocycles. The van der Waals surface area contributed by atoms with Crippen molar-refractivity contribution in [3.63, 3.8) is 0 Å². The summed E-state index contributed by atoms with van der Waals surface area (Å²) in [5.41, 5.74) is 2.87. The first-order valence-corrected chi connectivity index (χ1v) is 6.21. The Balaban J connectivity index is 2.13. The Bertz CT molecular complexity index is 384. The van der Waals surface area contributed by atoms with Gasteiger partial charge in [0.2, 0.25) is 0 Å². The molecule has 0 bridgehead atoms. The Morgan fingerprint density at radius 1 is 1.47 bits per heavy atom. The average molecular weight is 267 g/mol. The molecular weight excluding hydrogens is 252 g/mol. The zero-order valence-corrected chi connectivity index (χ0v) is 10.5. The molecule has 1 nitrogen and oxygen atoms in total. The maximum absolute atomic E-state index is 11.1.